The largest absolute Gasteiger partial charge is 0.378 e. The van der Waals surface area contributed by atoms with E-state index in [1.807, 2.05) is 43.5 Å². The number of nitrogens with zero attached hydrogens (tertiary/aromatic N) is 5. The van der Waals surface area contributed by atoms with Gasteiger partial charge in [-0.3, -0.25) is 9.78 Å². The number of carbonyl (C=O) groups excluding carboxylic acids is 1. The smallest absolute Gasteiger partial charge is 0.291 e. The van der Waals surface area contributed by atoms with E-state index in [1.165, 1.54) is 0 Å². The van der Waals surface area contributed by atoms with E-state index in [1.54, 1.807) is 24.3 Å². The minimum absolute atomic E-state index is 0.0731. The first-order valence-electron chi connectivity index (χ1n) is 11.3. The summed E-state index contributed by atoms with van der Waals surface area (Å²) in [5.74, 6) is -0.00183. The SMILES string of the molecule is C[C@H](c1ccccc1)N(C)C(=O)c1ncc(C2=CCc3ncc(N4CCOCC4)cc32)cn1. The Morgan fingerprint density at radius 1 is 1.06 bits per heavy atom. The van der Waals surface area contributed by atoms with Gasteiger partial charge in [-0.15, -0.1) is 0 Å². The number of carbonyl (C=O) groups is 1. The molecule has 0 bridgehead atoms. The third-order valence-electron chi connectivity index (χ3n) is 6.46. The Hall–Kier alpha value is -3.58. The molecule has 2 aliphatic rings. The molecule has 33 heavy (non-hydrogen) atoms. The predicted molar refractivity (Wildman–Crippen MR) is 127 cm³/mol. The molecular weight excluding hydrogens is 414 g/mol. The van der Waals surface area contributed by atoms with Gasteiger partial charge in [0.05, 0.1) is 36.8 Å². The number of hydrogen-bond donors (Lipinski definition) is 0. The van der Waals surface area contributed by atoms with E-state index in [2.05, 4.69) is 27.0 Å². The molecule has 0 radical (unpaired) electrons. The zero-order valence-corrected chi connectivity index (χ0v) is 18.9. The molecule has 1 aliphatic carbocycles. The number of hydrogen-bond acceptors (Lipinski definition) is 6. The van der Waals surface area contributed by atoms with Crippen molar-refractivity contribution in [3.05, 3.63) is 89.3 Å². The summed E-state index contributed by atoms with van der Waals surface area (Å²) in [6.07, 6.45) is 8.37. The maximum Gasteiger partial charge on any atom is 0.291 e. The van der Waals surface area contributed by atoms with Gasteiger partial charge in [-0.2, -0.15) is 0 Å². The highest BCUT2D eigenvalue weighted by atomic mass is 16.5. The molecule has 3 heterocycles. The van der Waals surface area contributed by atoms with E-state index < -0.39 is 0 Å². The van der Waals surface area contributed by atoms with E-state index in [0.29, 0.717) is 0 Å². The third-order valence-corrected chi connectivity index (χ3v) is 6.46. The second-order valence-corrected chi connectivity index (χ2v) is 8.41. The summed E-state index contributed by atoms with van der Waals surface area (Å²) < 4.78 is 5.47. The lowest BCUT2D eigenvalue weighted by atomic mass is 10.0. The Morgan fingerprint density at radius 2 is 1.79 bits per heavy atom. The second kappa shape index (κ2) is 9.11. The van der Waals surface area contributed by atoms with Crippen LogP contribution in [0, 0.1) is 0 Å². The van der Waals surface area contributed by atoms with Crippen LogP contribution in [0.15, 0.2) is 61.1 Å². The molecule has 1 fully saturated rings. The van der Waals surface area contributed by atoms with Crippen molar-refractivity contribution in [3.63, 3.8) is 0 Å². The van der Waals surface area contributed by atoms with E-state index >= 15 is 0 Å². The molecule has 0 saturated carbocycles. The maximum atomic E-state index is 13.0. The molecule has 5 rings (SSSR count). The number of allylic oxidation sites excluding steroid dienone is 1. The first-order chi connectivity index (χ1) is 16.1. The zero-order chi connectivity index (χ0) is 22.8. The van der Waals surface area contributed by atoms with Crippen molar-refractivity contribution >= 4 is 17.2 Å². The van der Waals surface area contributed by atoms with Gasteiger partial charge >= 0.3 is 0 Å². The lowest BCUT2D eigenvalue weighted by molar-refractivity contribution is 0.0730. The van der Waals surface area contributed by atoms with Crippen molar-refractivity contribution in [1.29, 1.82) is 0 Å². The fourth-order valence-electron chi connectivity index (χ4n) is 4.32. The van der Waals surface area contributed by atoms with Gasteiger partial charge in [0.15, 0.2) is 0 Å². The molecule has 0 unspecified atom stereocenters. The van der Waals surface area contributed by atoms with Gasteiger partial charge in [-0.1, -0.05) is 36.4 Å². The Morgan fingerprint density at radius 3 is 2.52 bits per heavy atom. The van der Waals surface area contributed by atoms with Crippen molar-refractivity contribution < 1.29 is 9.53 Å². The van der Waals surface area contributed by atoms with Crippen molar-refractivity contribution in [2.24, 2.45) is 0 Å². The van der Waals surface area contributed by atoms with Crippen LogP contribution in [0.3, 0.4) is 0 Å². The van der Waals surface area contributed by atoms with Crippen LogP contribution in [-0.2, 0) is 11.2 Å². The Labute approximate surface area is 193 Å². The number of anilines is 1. The van der Waals surface area contributed by atoms with Gasteiger partial charge in [0.1, 0.15) is 0 Å². The summed E-state index contributed by atoms with van der Waals surface area (Å²) in [6.45, 7) is 5.21. The van der Waals surface area contributed by atoms with Crippen LogP contribution in [0.5, 0.6) is 0 Å². The van der Waals surface area contributed by atoms with Crippen molar-refractivity contribution in [3.8, 4) is 0 Å². The topological polar surface area (TPSA) is 71.5 Å². The molecule has 168 valence electrons. The number of pyridine rings is 1. The molecule has 2 aromatic heterocycles. The lowest BCUT2D eigenvalue weighted by Crippen LogP contribution is -2.36. The number of ether oxygens (including phenoxy) is 1. The molecule has 0 N–H and O–H groups in total. The van der Waals surface area contributed by atoms with E-state index in [9.17, 15) is 4.79 Å². The Kier molecular flexibility index (Phi) is 5.88. The minimum atomic E-state index is -0.199. The predicted octanol–water partition coefficient (Wildman–Crippen LogP) is 3.53. The van der Waals surface area contributed by atoms with Gasteiger partial charge in [0, 0.05) is 50.1 Å². The molecule has 1 saturated heterocycles. The molecule has 0 spiro atoms. The number of fused-ring (bicyclic) bond motifs is 1. The normalized spacial score (nSPS) is 16.2. The van der Waals surface area contributed by atoms with Crippen LogP contribution >= 0.6 is 0 Å². The van der Waals surface area contributed by atoms with E-state index in [0.717, 1.165) is 66.4 Å². The molecule has 1 aliphatic heterocycles. The summed E-state index contributed by atoms with van der Waals surface area (Å²) >= 11 is 0. The van der Waals surface area contributed by atoms with Gasteiger partial charge < -0.3 is 14.5 Å². The van der Waals surface area contributed by atoms with Crippen molar-refractivity contribution in [2.45, 2.75) is 19.4 Å². The fourth-order valence-corrected chi connectivity index (χ4v) is 4.32. The van der Waals surface area contributed by atoms with E-state index in [-0.39, 0.29) is 17.8 Å². The second-order valence-electron chi connectivity index (χ2n) is 8.41. The quantitative estimate of drug-likeness (QED) is 0.603. The van der Waals surface area contributed by atoms with Gasteiger partial charge in [-0.05, 0) is 24.1 Å². The zero-order valence-electron chi connectivity index (χ0n) is 18.9. The standard InChI is InChI=1S/C26H27N5O2/c1-18(19-6-4-3-5-7-19)30(2)26(32)25-28-15-20(16-29-25)22-8-9-24-23(22)14-21(17-27-24)31-10-12-33-13-11-31/h3-8,14-18H,9-13H2,1-2H3/t18-/m1/s1. The number of aromatic nitrogens is 3. The van der Waals surface area contributed by atoms with Crippen LogP contribution in [0.2, 0.25) is 0 Å². The fraction of sp³-hybridized carbons (Fsp3) is 0.308. The third kappa shape index (κ3) is 4.24. The van der Waals surface area contributed by atoms with E-state index in [4.69, 9.17) is 9.72 Å². The minimum Gasteiger partial charge on any atom is -0.378 e. The molecule has 1 aromatic carbocycles. The molecular formula is C26H27N5O2. The van der Waals surface area contributed by atoms with Gasteiger partial charge in [-0.25, -0.2) is 9.97 Å². The number of morpholine rings is 1. The average Bonchev–Trinajstić information content (AvgIpc) is 3.32. The van der Waals surface area contributed by atoms with Crippen molar-refractivity contribution in [1.82, 2.24) is 19.9 Å². The summed E-state index contributed by atoms with van der Waals surface area (Å²) in [4.78, 5) is 30.5. The number of benzene rings is 1. The highest BCUT2D eigenvalue weighted by Crippen LogP contribution is 2.33. The maximum absolute atomic E-state index is 13.0. The van der Waals surface area contributed by atoms with Gasteiger partial charge in [0.2, 0.25) is 5.82 Å². The number of amides is 1. The summed E-state index contributed by atoms with van der Waals surface area (Å²) in [5.41, 5.74) is 6.30. The molecule has 1 atom stereocenters. The molecule has 7 nitrogen and oxygen atoms in total. The van der Waals surface area contributed by atoms with Crippen LogP contribution in [0.25, 0.3) is 5.57 Å². The first-order valence-corrected chi connectivity index (χ1v) is 11.3. The monoisotopic (exact) mass is 441 g/mol. The molecule has 3 aromatic rings. The van der Waals surface area contributed by atoms with Crippen LogP contribution in [-0.4, -0.2) is 59.1 Å². The summed E-state index contributed by atoms with van der Waals surface area (Å²) in [6, 6.07) is 12.1. The highest BCUT2D eigenvalue weighted by Gasteiger charge is 2.23. The number of rotatable bonds is 5. The Bertz CT molecular complexity index is 1170. The van der Waals surface area contributed by atoms with Crippen LogP contribution < -0.4 is 4.90 Å². The van der Waals surface area contributed by atoms with Crippen LogP contribution in [0.1, 0.15) is 46.0 Å². The van der Waals surface area contributed by atoms with Gasteiger partial charge in [0.25, 0.3) is 5.91 Å². The highest BCUT2D eigenvalue weighted by molar-refractivity contribution is 5.91. The summed E-state index contributed by atoms with van der Waals surface area (Å²) in [5, 5.41) is 0. The van der Waals surface area contributed by atoms with Crippen molar-refractivity contribution in [2.75, 3.05) is 38.3 Å². The Balaban J connectivity index is 1.34. The summed E-state index contributed by atoms with van der Waals surface area (Å²) in [7, 11) is 1.78. The molecule has 7 heteroatoms. The lowest BCUT2D eigenvalue weighted by Gasteiger charge is -2.29. The van der Waals surface area contributed by atoms with Crippen LogP contribution in [0.4, 0.5) is 5.69 Å². The first kappa shape index (κ1) is 21.3. The molecule has 1 amide bonds. The average molecular weight is 442 g/mol.